The second kappa shape index (κ2) is 7.84. The lowest BCUT2D eigenvalue weighted by Crippen LogP contribution is -2.41. The molecular formula is C22H26N6. The van der Waals surface area contributed by atoms with E-state index in [2.05, 4.69) is 62.7 Å². The molecule has 0 amide bonds. The number of hydrogen-bond acceptors (Lipinski definition) is 3. The number of benzene rings is 2. The highest BCUT2D eigenvalue weighted by Gasteiger charge is 2.36. The minimum absolute atomic E-state index is 0.142. The zero-order chi connectivity index (χ0) is 19.4. The van der Waals surface area contributed by atoms with Crippen molar-refractivity contribution < 1.29 is 0 Å². The number of rotatable bonds is 4. The molecule has 2 aromatic carbocycles. The first kappa shape index (κ1) is 18.2. The summed E-state index contributed by atoms with van der Waals surface area (Å²) in [5.41, 5.74) is 2.58. The molecule has 3 aromatic rings. The van der Waals surface area contributed by atoms with Gasteiger partial charge in [-0.2, -0.15) is 0 Å². The molecule has 0 saturated carbocycles. The van der Waals surface area contributed by atoms with E-state index in [1.54, 1.807) is 6.33 Å². The Balaban J connectivity index is 1.44. The highest BCUT2D eigenvalue weighted by Crippen LogP contribution is 2.33. The predicted octanol–water partition coefficient (Wildman–Crippen LogP) is 3.01. The molecule has 28 heavy (non-hydrogen) atoms. The van der Waals surface area contributed by atoms with Gasteiger partial charge in [0.2, 0.25) is 0 Å². The van der Waals surface area contributed by atoms with Crippen LogP contribution in [0.1, 0.15) is 24.7 Å². The summed E-state index contributed by atoms with van der Waals surface area (Å²) in [5.74, 6) is 1.76. The molecule has 0 bridgehead atoms. The summed E-state index contributed by atoms with van der Waals surface area (Å²) in [6.07, 6.45) is 2.86. The number of hydrogen-bond donors (Lipinski definition) is 1. The Morgan fingerprint density at radius 1 is 1.11 bits per heavy atom. The zero-order valence-electron chi connectivity index (χ0n) is 16.4. The van der Waals surface area contributed by atoms with Crippen LogP contribution in [0.5, 0.6) is 0 Å². The first-order valence-corrected chi connectivity index (χ1v) is 9.65. The first-order valence-electron chi connectivity index (χ1n) is 9.65. The molecule has 4 rings (SSSR count). The molecule has 0 aliphatic carbocycles. The summed E-state index contributed by atoms with van der Waals surface area (Å²) in [6, 6.07) is 20.9. The van der Waals surface area contributed by atoms with E-state index in [0.29, 0.717) is 6.54 Å². The molecule has 1 unspecified atom stereocenters. The quantitative estimate of drug-likeness (QED) is 0.563. The molecule has 1 saturated heterocycles. The summed E-state index contributed by atoms with van der Waals surface area (Å²) in [5, 5.41) is 11.8. The van der Waals surface area contributed by atoms with Crippen molar-refractivity contribution in [3.05, 3.63) is 78.4 Å². The van der Waals surface area contributed by atoms with Gasteiger partial charge < -0.3 is 10.2 Å². The fraction of sp³-hybridized carbons (Fsp3) is 0.318. The second-order valence-corrected chi connectivity index (χ2v) is 7.45. The van der Waals surface area contributed by atoms with Gasteiger partial charge in [0, 0.05) is 31.2 Å². The van der Waals surface area contributed by atoms with Crippen molar-refractivity contribution in [2.24, 2.45) is 4.99 Å². The van der Waals surface area contributed by atoms with Crippen LogP contribution in [-0.2, 0) is 12.0 Å². The normalized spacial score (nSPS) is 19.8. The fourth-order valence-corrected chi connectivity index (χ4v) is 3.89. The van der Waals surface area contributed by atoms with Crippen molar-refractivity contribution in [1.82, 2.24) is 25.0 Å². The summed E-state index contributed by atoms with van der Waals surface area (Å²) in [7, 11) is 1.84. The summed E-state index contributed by atoms with van der Waals surface area (Å²) in [6.45, 7) is 4.83. The van der Waals surface area contributed by atoms with Gasteiger partial charge >= 0.3 is 0 Å². The fourth-order valence-electron chi connectivity index (χ4n) is 3.89. The van der Waals surface area contributed by atoms with Crippen molar-refractivity contribution in [1.29, 1.82) is 0 Å². The molecule has 1 atom stereocenters. The largest absolute Gasteiger partial charge is 0.349 e. The minimum Gasteiger partial charge on any atom is -0.349 e. The van der Waals surface area contributed by atoms with Crippen molar-refractivity contribution in [3.8, 4) is 5.69 Å². The van der Waals surface area contributed by atoms with Crippen LogP contribution in [0.25, 0.3) is 5.69 Å². The number of nitrogens with zero attached hydrogens (tertiary/aromatic N) is 5. The molecule has 1 aliphatic rings. The highest BCUT2D eigenvalue weighted by molar-refractivity contribution is 5.80. The maximum atomic E-state index is 4.51. The van der Waals surface area contributed by atoms with Crippen LogP contribution >= 0.6 is 0 Å². The average Bonchev–Trinajstić information content (AvgIpc) is 3.38. The maximum absolute atomic E-state index is 4.51. The lowest BCUT2D eigenvalue weighted by atomic mass is 9.82. The second-order valence-electron chi connectivity index (χ2n) is 7.45. The third-order valence-electron chi connectivity index (χ3n) is 5.51. The molecular weight excluding hydrogens is 348 g/mol. The predicted molar refractivity (Wildman–Crippen MR) is 112 cm³/mol. The van der Waals surface area contributed by atoms with Gasteiger partial charge in [-0.15, -0.1) is 10.2 Å². The minimum atomic E-state index is 0.142. The van der Waals surface area contributed by atoms with Gasteiger partial charge in [0.1, 0.15) is 6.33 Å². The number of likely N-dealkylation sites (tertiary alicyclic amines) is 1. The van der Waals surface area contributed by atoms with Crippen molar-refractivity contribution in [2.45, 2.75) is 25.3 Å². The monoisotopic (exact) mass is 374 g/mol. The van der Waals surface area contributed by atoms with E-state index in [0.717, 1.165) is 37.0 Å². The van der Waals surface area contributed by atoms with Crippen molar-refractivity contribution in [3.63, 3.8) is 0 Å². The first-order chi connectivity index (χ1) is 13.7. The molecule has 6 nitrogen and oxygen atoms in total. The smallest absolute Gasteiger partial charge is 0.194 e. The SMILES string of the molecule is CN=C(NCc1nncn1-c1ccccc1)N1CCC(C)(c2ccccc2)C1. The average molecular weight is 374 g/mol. The third-order valence-corrected chi connectivity index (χ3v) is 5.51. The number of aromatic nitrogens is 3. The highest BCUT2D eigenvalue weighted by atomic mass is 15.3. The van der Waals surface area contributed by atoms with Crippen LogP contribution in [0.4, 0.5) is 0 Å². The van der Waals surface area contributed by atoms with Crippen LogP contribution in [0.3, 0.4) is 0 Å². The molecule has 6 heteroatoms. The lowest BCUT2D eigenvalue weighted by Gasteiger charge is -2.27. The Bertz CT molecular complexity index is 934. The van der Waals surface area contributed by atoms with Crippen molar-refractivity contribution >= 4 is 5.96 Å². The number of nitrogens with one attached hydrogen (secondary N) is 1. The topological polar surface area (TPSA) is 58.3 Å². The van der Waals surface area contributed by atoms with Crippen LogP contribution in [0.15, 0.2) is 72.0 Å². The Hall–Kier alpha value is -3.15. The molecule has 1 aromatic heterocycles. The maximum Gasteiger partial charge on any atom is 0.194 e. The van der Waals surface area contributed by atoms with E-state index in [4.69, 9.17) is 0 Å². The van der Waals surface area contributed by atoms with Crippen LogP contribution in [-0.4, -0.2) is 45.8 Å². The van der Waals surface area contributed by atoms with E-state index < -0.39 is 0 Å². The van der Waals surface area contributed by atoms with Gasteiger partial charge in [-0.25, -0.2) is 0 Å². The van der Waals surface area contributed by atoms with Gasteiger partial charge in [0.25, 0.3) is 0 Å². The van der Waals surface area contributed by atoms with E-state index >= 15 is 0 Å². The van der Waals surface area contributed by atoms with Crippen molar-refractivity contribution in [2.75, 3.05) is 20.1 Å². The number of guanidine groups is 1. The Kier molecular flexibility index (Phi) is 5.10. The molecule has 1 N–H and O–H groups in total. The standard InChI is InChI=1S/C22H26N6/c1-22(18-9-5-3-6-10-18)13-14-27(16-22)21(23-2)24-15-20-26-25-17-28(20)19-11-7-4-8-12-19/h3-12,17H,13-16H2,1-2H3,(H,23,24). The summed E-state index contributed by atoms with van der Waals surface area (Å²) >= 11 is 0. The summed E-state index contributed by atoms with van der Waals surface area (Å²) in [4.78, 5) is 6.83. The molecule has 0 radical (unpaired) electrons. The number of aliphatic imine (C=N–C) groups is 1. The molecule has 2 heterocycles. The van der Waals surface area contributed by atoms with E-state index in [1.807, 2.05) is 41.9 Å². The van der Waals surface area contributed by atoms with E-state index in [1.165, 1.54) is 5.56 Å². The van der Waals surface area contributed by atoms with Gasteiger partial charge in [-0.3, -0.25) is 9.56 Å². The Morgan fingerprint density at radius 2 is 1.82 bits per heavy atom. The zero-order valence-corrected chi connectivity index (χ0v) is 16.4. The van der Waals surface area contributed by atoms with E-state index in [9.17, 15) is 0 Å². The van der Waals surface area contributed by atoms with Crippen LogP contribution in [0.2, 0.25) is 0 Å². The Morgan fingerprint density at radius 3 is 2.54 bits per heavy atom. The summed E-state index contributed by atoms with van der Waals surface area (Å²) < 4.78 is 2.00. The van der Waals surface area contributed by atoms with Gasteiger partial charge in [0.05, 0.1) is 6.54 Å². The molecule has 0 spiro atoms. The van der Waals surface area contributed by atoms with Gasteiger partial charge in [0.15, 0.2) is 11.8 Å². The van der Waals surface area contributed by atoms with Gasteiger partial charge in [-0.1, -0.05) is 55.5 Å². The lowest BCUT2D eigenvalue weighted by molar-refractivity contribution is 0.437. The van der Waals surface area contributed by atoms with Crippen LogP contribution in [0, 0.1) is 0 Å². The molecule has 1 aliphatic heterocycles. The third kappa shape index (κ3) is 3.63. The molecule has 144 valence electrons. The van der Waals surface area contributed by atoms with E-state index in [-0.39, 0.29) is 5.41 Å². The van der Waals surface area contributed by atoms with Gasteiger partial charge in [-0.05, 0) is 24.1 Å². The van der Waals surface area contributed by atoms with Crippen LogP contribution < -0.4 is 5.32 Å². The Labute approximate surface area is 165 Å². The molecule has 1 fully saturated rings. The number of para-hydroxylation sites is 1.